The molecule has 8 heteroatoms. The van der Waals surface area contributed by atoms with Crippen LogP contribution >= 0.6 is 23.2 Å². The fourth-order valence-corrected chi connectivity index (χ4v) is 5.36. The summed E-state index contributed by atoms with van der Waals surface area (Å²) in [6.45, 7) is 10.0. The van der Waals surface area contributed by atoms with Gasteiger partial charge in [-0.1, -0.05) is 75.0 Å². The molecule has 0 N–H and O–H groups in total. The number of ether oxygens (including phenoxy) is 1. The quantitative estimate of drug-likeness (QED) is 0.595. The number of hydrogen-bond donors (Lipinski definition) is 0. The maximum atomic E-state index is 6.41. The zero-order chi connectivity index (χ0) is 22.1. The molecule has 0 unspecified atom stereocenters. The first-order valence-corrected chi connectivity index (χ1v) is 11.8. The average molecular weight is 464 g/mol. The van der Waals surface area contributed by atoms with Gasteiger partial charge < -0.3 is 4.74 Å². The zero-order valence-corrected chi connectivity index (χ0v) is 20.0. The van der Waals surface area contributed by atoms with Crippen molar-refractivity contribution in [3.8, 4) is 0 Å². The molecule has 2 aromatic rings. The lowest BCUT2D eigenvalue weighted by Gasteiger charge is -2.43. The molecular weight excluding hydrogens is 433 g/mol. The van der Waals surface area contributed by atoms with Crippen LogP contribution in [-0.2, 0) is 10.3 Å². The highest BCUT2D eigenvalue weighted by molar-refractivity contribution is 6.35. The van der Waals surface area contributed by atoms with Crippen LogP contribution in [0.3, 0.4) is 0 Å². The third-order valence-corrected chi connectivity index (χ3v) is 7.09. The van der Waals surface area contributed by atoms with E-state index < -0.39 is 0 Å². The Hall–Kier alpha value is -1.47. The van der Waals surface area contributed by atoms with Gasteiger partial charge in [0, 0.05) is 23.1 Å². The maximum absolute atomic E-state index is 6.41. The van der Waals surface area contributed by atoms with Gasteiger partial charge in [0.05, 0.1) is 24.8 Å². The summed E-state index contributed by atoms with van der Waals surface area (Å²) in [6.07, 6.45) is 8.77. The number of rotatable bonds is 5. The summed E-state index contributed by atoms with van der Waals surface area (Å²) in [5.74, 6) is 0.971. The normalized spacial score (nSPS) is 21.1. The molecule has 4 rings (SSSR count). The Kier molecular flexibility index (Phi) is 6.73. The second kappa shape index (κ2) is 9.18. The predicted molar refractivity (Wildman–Crippen MR) is 124 cm³/mol. The predicted octanol–water partition coefficient (Wildman–Crippen LogP) is 5.38. The Morgan fingerprint density at radius 2 is 1.84 bits per heavy atom. The van der Waals surface area contributed by atoms with Gasteiger partial charge in [-0.25, -0.2) is 4.68 Å². The number of tetrazole rings is 1. The molecule has 1 saturated heterocycles. The van der Waals surface area contributed by atoms with E-state index in [1.54, 1.807) is 6.07 Å². The summed E-state index contributed by atoms with van der Waals surface area (Å²) in [5.41, 5.74) is 0.714. The van der Waals surface area contributed by atoms with Gasteiger partial charge in [0.1, 0.15) is 0 Å². The standard InChI is InChI=1S/C23H31Cl2N5O/c1-22(2,3)20(9-7-17-6-8-18(24)16-19(17)25)30-21(26-27-28-30)23(10-4-5-11-23)29-12-14-31-15-13-29/h6-9,16,20H,4-5,10-15H2,1-3H3/b9-7-/t20-/m1/s1. The van der Waals surface area contributed by atoms with Gasteiger partial charge >= 0.3 is 0 Å². The van der Waals surface area contributed by atoms with E-state index in [0.717, 1.165) is 50.5 Å². The maximum Gasteiger partial charge on any atom is 0.172 e. The Bertz CT molecular complexity index is 924. The van der Waals surface area contributed by atoms with E-state index in [0.29, 0.717) is 10.0 Å². The topological polar surface area (TPSA) is 56.1 Å². The summed E-state index contributed by atoms with van der Waals surface area (Å²) in [6, 6.07) is 5.53. The largest absolute Gasteiger partial charge is 0.379 e. The van der Waals surface area contributed by atoms with Crippen molar-refractivity contribution in [3.05, 3.63) is 45.7 Å². The Morgan fingerprint density at radius 3 is 2.48 bits per heavy atom. The number of allylic oxidation sites excluding steroid dienone is 1. The number of halogens is 2. The van der Waals surface area contributed by atoms with Crippen molar-refractivity contribution >= 4 is 29.3 Å². The second-order valence-electron chi connectivity index (χ2n) is 9.62. The molecule has 1 aromatic carbocycles. The number of nitrogens with zero attached hydrogens (tertiary/aromatic N) is 5. The van der Waals surface area contributed by atoms with Crippen LogP contribution < -0.4 is 0 Å². The van der Waals surface area contributed by atoms with E-state index in [1.807, 2.05) is 16.8 Å². The number of hydrogen-bond acceptors (Lipinski definition) is 5. The van der Waals surface area contributed by atoms with E-state index >= 15 is 0 Å². The highest BCUT2D eigenvalue weighted by atomic mass is 35.5. The van der Waals surface area contributed by atoms with Gasteiger partial charge in [0.2, 0.25) is 0 Å². The molecule has 0 spiro atoms. The summed E-state index contributed by atoms with van der Waals surface area (Å²) in [7, 11) is 0. The molecule has 1 saturated carbocycles. The van der Waals surface area contributed by atoms with Gasteiger partial charge in [0.25, 0.3) is 0 Å². The Balaban J connectivity index is 1.73. The fourth-order valence-electron chi connectivity index (χ4n) is 4.89. The van der Waals surface area contributed by atoms with E-state index in [4.69, 9.17) is 27.9 Å². The van der Waals surface area contributed by atoms with Crippen molar-refractivity contribution in [2.24, 2.45) is 5.41 Å². The first-order chi connectivity index (χ1) is 14.8. The molecule has 2 aliphatic rings. The molecule has 1 aliphatic heterocycles. The average Bonchev–Trinajstić information content (AvgIpc) is 3.40. The van der Waals surface area contributed by atoms with E-state index in [-0.39, 0.29) is 17.0 Å². The summed E-state index contributed by atoms with van der Waals surface area (Å²) in [5, 5.41) is 14.5. The number of aromatic nitrogens is 4. The van der Waals surface area contributed by atoms with Crippen molar-refractivity contribution in [2.75, 3.05) is 26.3 Å². The monoisotopic (exact) mass is 463 g/mol. The molecule has 0 radical (unpaired) electrons. The molecule has 2 fully saturated rings. The minimum Gasteiger partial charge on any atom is -0.379 e. The number of morpholine rings is 1. The van der Waals surface area contributed by atoms with Crippen LogP contribution in [-0.4, -0.2) is 51.4 Å². The zero-order valence-electron chi connectivity index (χ0n) is 18.5. The number of benzene rings is 1. The van der Waals surface area contributed by atoms with Crippen LogP contribution in [0.25, 0.3) is 6.08 Å². The molecule has 1 aromatic heterocycles. The summed E-state index contributed by atoms with van der Waals surface area (Å²) >= 11 is 12.5. The van der Waals surface area contributed by atoms with Crippen LogP contribution in [0.4, 0.5) is 0 Å². The molecule has 168 valence electrons. The lowest BCUT2D eigenvalue weighted by atomic mass is 9.85. The fraction of sp³-hybridized carbons (Fsp3) is 0.609. The SMILES string of the molecule is CC(C)(C)[C@@H](/C=C\c1ccc(Cl)cc1Cl)n1nnnc1C1(N2CCOCC2)CCCC1. The lowest BCUT2D eigenvalue weighted by molar-refractivity contribution is -0.0291. The molecule has 1 aliphatic carbocycles. The minimum absolute atomic E-state index is 0.0252. The van der Waals surface area contributed by atoms with Crippen LogP contribution in [0, 0.1) is 5.41 Å². The molecular formula is C23H31Cl2N5O. The first kappa shape index (κ1) is 22.7. The van der Waals surface area contributed by atoms with Gasteiger partial charge in [-0.05, 0) is 46.4 Å². The lowest BCUT2D eigenvalue weighted by Crippen LogP contribution is -2.51. The van der Waals surface area contributed by atoms with Gasteiger partial charge in [0.15, 0.2) is 5.82 Å². The first-order valence-electron chi connectivity index (χ1n) is 11.1. The van der Waals surface area contributed by atoms with Crippen molar-refractivity contribution in [1.29, 1.82) is 0 Å². The van der Waals surface area contributed by atoms with E-state index in [9.17, 15) is 0 Å². The Morgan fingerprint density at radius 1 is 1.13 bits per heavy atom. The third-order valence-electron chi connectivity index (χ3n) is 6.53. The van der Waals surface area contributed by atoms with Crippen molar-refractivity contribution in [3.63, 3.8) is 0 Å². The second-order valence-corrected chi connectivity index (χ2v) is 10.5. The minimum atomic E-state index is -0.122. The molecule has 0 amide bonds. The highest BCUT2D eigenvalue weighted by Crippen LogP contribution is 2.45. The molecule has 0 bridgehead atoms. The van der Waals surface area contributed by atoms with Crippen LogP contribution in [0.1, 0.15) is 63.9 Å². The van der Waals surface area contributed by atoms with Crippen LogP contribution in [0.5, 0.6) is 0 Å². The van der Waals surface area contributed by atoms with Crippen molar-refractivity contribution < 1.29 is 4.74 Å². The third kappa shape index (κ3) is 4.68. The molecule has 6 nitrogen and oxygen atoms in total. The van der Waals surface area contributed by atoms with Gasteiger partial charge in [-0.15, -0.1) is 5.10 Å². The van der Waals surface area contributed by atoms with E-state index in [1.165, 1.54) is 12.8 Å². The van der Waals surface area contributed by atoms with Crippen LogP contribution in [0.15, 0.2) is 24.3 Å². The van der Waals surface area contributed by atoms with Crippen molar-refractivity contribution in [2.45, 2.75) is 58.0 Å². The van der Waals surface area contributed by atoms with Crippen LogP contribution in [0.2, 0.25) is 10.0 Å². The van der Waals surface area contributed by atoms with Gasteiger partial charge in [-0.3, -0.25) is 4.90 Å². The van der Waals surface area contributed by atoms with Gasteiger partial charge in [-0.2, -0.15) is 0 Å². The Labute approximate surface area is 194 Å². The van der Waals surface area contributed by atoms with Crippen molar-refractivity contribution in [1.82, 2.24) is 25.1 Å². The summed E-state index contributed by atoms with van der Waals surface area (Å²) in [4.78, 5) is 2.55. The van der Waals surface area contributed by atoms with E-state index in [2.05, 4.69) is 53.3 Å². The highest BCUT2D eigenvalue weighted by Gasteiger charge is 2.47. The smallest absolute Gasteiger partial charge is 0.172 e. The molecule has 2 heterocycles. The summed E-state index contributed by atoms with van der Waals surface area (Å²) < 4.78 is 7.67. The molecule has 31 heavy (non-hydrogen) atoms. The molecule has 1 atom stereocenters.